The lowest BCUT2D eigenvalue weighted by Gasteiger charge is -2.31. The van der Waals surface area contributed by atoms with Crippen LogP contribution in [0, 0.1) is 5.92 Å². The number of nitrogens with one attached hydrogen (secondary N) is 1. The zero-order valence-electron chi connectivity index (χ0n) is 13.4. The van der Waals surface area contributed by atoms with Crippen LogP contribution in [-0.4, -0.2) is 54.0 Å². The topological polar surface area (TPSA) is 95.9 Å². The summed E-state index contributed by atoms with van der Waals surface area (Å²) < 4.78 is 5.30. The van der Waals surface area contributed by atoms with Gasteiger partial charge in [0, 0.05) is 19.5 Å². The molecule has 2 N–H and O–H groups in total. The van der Waals surface area contributed by atoms with Crippen molar-refractivity contribution in [3.63, 3.8) is 0 Å². The van der Waals surface area contributed by atoms with E-state index in [1.807, 2.05) is 18.2 Å². The average molecular weight is 334 g/mol. The van der Waals surface area contributed by atoms with Gasteiger partial charge in [-0.3, -0.25) is 14.4 Å². The van der Waals surface area contributed by atoms with E-state index in [-0.39, 0.29) is 37.3 Å². The number of hydrogen-bond donors (Lipinski definition) is 2. The van der Waals surface area contributed by atoms with Crippen LogP contribution in [0.5, 0.6) is 5.75 Å². The molecule has 130 valence electrons. The molecule has 1 aliphatic heterocycles. The summed E-state index contributed by atoms with van der Waals surface area (Å²) in [6.45, 7) is 0.860. The highest BCUT2D eigenvalue weighted by Crippen LogP contribution is 2.20. The summed E-state index contributed by atoms with van der Waals surface area (Å²) in [6.07, 6.45) is 1.52. The summed E-state index contributed by atoms with van der Waals surface area (Å²) in [5.74, 6) is -0.588. The summed E-state index contributed by atoms with van der Waals surface area (Å²) in [5.41, 5.74) is 0. The number of hydrogen-bond acceptors (Lipinski definition) is 4. The van der Waals surface area contributed by atoms with Crippen molar-refractivity contribution in [3.05, 3.63) is 30.3 Å². The summed E-state index contributed by atoms with van der Waals surface area (Å²) in [7, 11) is 0. The van der Waals surface area contributed by atoms with E-state index in [4.69, 9.17) is 9.84 Å². The molecule has 0 radical (unpaired) electrons. The van der Waals surface area contributed by atoms with Crippen LogP contribution in [0.15, 0.2) is 30.3 Å². The Morgan fingerprint density at radius 3 is 2.46 bits per heavy atom. The minimum absolute atomic E-state index is 0.0689. The van der Waals surface area contributed by atoms with Crippen molar-refractivity contribution >= 4 is 17.8 Å². The first kappa shape index (κ1) is 17.8. The quantitative estimate of drug-likeness (QED) is 0.772. The highest BCUT2D eigenvalue weighted by Gasteiger charge is 2.24. The number of aliphatic carboxylic acids is 1. The van der Waals surface area contributed by atoms with Crippen LogP contribution < -0.4 is 10.1 Å². The second-order valence-corrected chi connectivity index (χ2v) is 5.80. The van der Waals surface area contributed by atoms with Crippen molar-refractivity contribution in [3.8, 4) is 5.75 Å². The molecule has 0 unspecified atom stereocenters. The van der Waals surface area contributed by atoms with Gasteiger partial charge in [-0.2, -0.15) is 0 Å². The molecule has 1 fully saturated rings. The molecule has 1 aromatic carbocycles. The van der Waals surface area contributed by atoms with Crippen molar-refractivity contribution in [2.24, 2.45) is 5.92 Å². The third-order valence-corrected chi connectivity index (χ3v) is 3.98. The van der Waals surface area contributed by atoms with E-state index < -0.39 is 5.97 Å². The number of carbonyl (C=O) groups is 3. The molecule has 1 aromatic rings. The number of likely N-dealkylation sites (tertiary alicyclic amines) is 1. The fraction of sp³-hybridized carbons (Fsp3) is 0.471. The molecule has 0 aliphatic carbocycles. The minimum Gasteiger partial charge on any atom is -0.484 e. The van der Waals surface area contributed by atoms with Crippen LogP contribution in [0.1, 0.15) is 19.3 Å². The Hall–Kier alpha value is -2.57. The molecule has 7 nitrogen and oxygen atoms in total. The van der Waals surface area contributed by atoms with E-state index in [1.165, 1.54) is 0 Å². The van der Waals surface area contributed by atoms with Crippen LogP contribution in [0.4, 0.5) is 0 Å². The van der Waals surface area contributed by atoms with Crippen molar-refractivity contribution in [2.45, 2.75) is 19.3 Å². The van der Waals surface area contributed by atoms with E-state index in [9.17, 15) is 14.4 Å². The maximum atomic E-state index is 12.1. The van der Waals surface area contributed by atoms with E-state index in [2.05, 4.69) is 5.32 Å². The fourth-order valence-electron chi connectivity index (χ4n) is 2.64. The fourth-order valence-corrected chi connectivity index (χ4v) is 2.64. The predicted octanol–water partition coefficient (Wildman–Crippen LogP) is 0.895. The largest absolute Gasteiger partial charge is 0.484 e. The highest BCUT2D eigenvalue weighted by molar-refractivity contribution is 5.85. The van der Waals surface area contributed by atoms with Gasteiger partial charge < -0.3 is 20.1 Å². The van der Waals surface area contributed by atoms with Gasteiger partial charge in [0.15, 0.2) is 6.61 Å². The number of ether oxygens (including phenoxy) is 1. The third kappa shape index (κ3) is 5.91. The van der Waals surface area contributed by atoms with Crippen LogP contribution in [0.3, 0.4) is 0 Å². The van der Waals surface area contributed by atoms with Gasteiger partial charge in [0.2, 0.25) is 5.91 Å². The smallest absolute Gasteiger partial charge is 0.303 e. The first-order valence-electron chi connectivity index (χ1n) is 7.98. The number of rotatable bonds is 7. The number of piperidine rings is 1. The first-order chi connectivity index (χ1) is 11.5. The molecule has 1 heterocycles. The Kier molecular flexibility index (Phi) is 6.60. The maximum absolute atomic E-state index is 12.1. The molecule has 0 atom stereocenters. The van der Waals surface area contributed by atoms with Gasteiger partial charge in [0.05, 0.1) is 6.54 Å². The van der Waals surface area contributed by atoms with Gasteiger partial charge in [-0.25, -0.2) is 0 Å². The van der Waals surface area contributed by atoms with Gasteiger partial charge in [0.1, 0.15) is 5.75 Å². The normalized spacial score (nSPS) is 14.9. The second-order valence-electron chi connectivity index (χ2n) is 5.80. The predicted molar refractivity (Wildman–Crippen MR) is 86.5 cm³/mol. The summed E-state index contributed by atoms with van der Waals surface area (Å²) >= 11 is 0. The van der Waals surface area contributed by atoms with Crippen LogP contribution >= 0.6 is 0 Å². The third-order valence-electron chi connectivity index (χ3n) is 3.98. The molecular weight excluding hydrogens is 312 g/mol. The van der Waals surface area contributed by atoms with E-state index in [1.54, 1.807) is 17.0 Å². The van der Waals surface area contributed by atoms with Crippen molar-refractivity contribution in [1.29, 1.82) is 0 Å². The maximum Gasteiger partial charge on any atom is 0.303 e. The lowest BCUT2D eigenvalue weighted by atomic mass is 9.93. The van der Waals surface area contributed by atoms with Crippen LogP contribution in [-0.2, 0) is 14.4 Å². The number of para-hydroxylation sites is 1. The van der Waals surface area contributed by atoms with Gasteiger partial charge in [-0.1, -0.05) is 18.2 Å². The summed E-state index contributed by atoms with van der Waals surface area (Å²) in [5, 5.41) is 11.3. The number of nitrogens with zero attached hydrogens (tertiary/aromatic N) is 1. The highest BCUT2D eigenvalue weighted by atomic mass is 16.5. The number of carboxylic acid groups (broad SMARTS) is 1. The molecule has 0 bridgehead atoms. The lowest BCUT2D eigenvalue weighted by molar-refractivity contribution is -0.139. The first-order valence-corrected chi connectivity index (χ1v) is 7.98. The van der Waals surface area contributed by atoms with Crippen molar-refractivity contribution < 1.29 is 24.2 Å². The minimum atomic E-state index is -0.801. The van der Waals surface area contributed by atoms with Gasteiger partial charge in [-0.15, -0.1) is 0 Å². The molecule has 1 aliphatic rings. The van der Waals surface area contributed by atoms with Gasteiger partial charge in [-0.05, 0) is 30.9 Å². The van der Waals surface area contributed by atoms with Crippen molar-refractivity contribution in [1.82, 2.24) is 10.2 Å². The monoisotopic (exact) mass is 334 g/mol. The van der Waals surface area contributed by atoms with Gasteiger partial charge in [0.25, 0.3) is 5.91 Å². The molecular formula is C17H22N2O5. The number of carbonyl (C=O) groups excluding carboxylic acids is 2. The van der Waals surface area contributed by atoms with Crippen LogP contribution in [0.2, 0.25) is 0 Å². The number of benzene rings is 1. The molecule has 24 heavy (non-hydrogen) atoms. The summed E-state index contributed by atoms with van der Waals surface area (Å²) in [4.78, 5) is 36.1. The van der Waals surface area contributed by atoms with Crippen LogP contribution in [0.25, 0.3) is 0 Å². The SMILES string of the molecule is O=C(O)CC1CCN(C(=O)CNC(=O)COc2ccccc2)CC1. The zero-order valence-corrected chi connectivity index (χ0v) is 13.4. The number of amides is 2. The Balaban J connectivity index is 1.64. The molecule has 7 heteroatoms. The zero-order chi connectivity index (χ0) is 17.4. The van der Waals surface area contributed by atoms with Crippen molar-refractivity contribution in [2.75, 3.05) is 26.2 Å². The Morgan fingerprint density at radius 1 is 1.17 bits per heavy atom. The molecule has 0 spiro atoms. The Labute approximate surface area is 140 Å². The molecule has 1 saturated heterocycles. The molecule has 2 amide bonds. The average Bonchev–Trinajstić information content (AvgIpc) is 2.59. The van der Waals surface area contributed by atoms with E-state index >= 15 is 0 Å². The molecule has 0 aromatic heterocycles. The van der Waals surface area contributed by atoms with E-state index in [0.29, 0.717) is 31.7 Å². The Morgan fingerprint density at radius 2 is 1.83 bits per heavy atom. The molecule has 0 saturated carbocycles. The summed E-state index contributed by atoms with van der Waals surface area (Å²) in [6, 6.07) is 8.97. The number of carboxylic acids is 1. The van der Waals surface area contributed by atoms with Gasteiger partial charge >= 0.3 is 5.97 Å². The van der Waals surface area contributed by atoms with E-state index in [0.717, 1.165) is 0 Å². The Bertz CT molecular complexity index is 568. The lowest BCUT2D eigenvalue weighted by Crippen LogP contribution is -2.45. The standard InChI is InChI=1S/C17H22N2O5/c20-15(12-24-14-4-2-1-3-5-14)18-11-16(21)19-8-6-13(7-9-19)10-17(22)23/h1-5,13H,6-12H2,(H,18,20)(H,22,23). The second kappa shape index (κ2) is 8.90. The molecule has 2 rings (SSSR count).